The molecular weight excluding hydrogens is 236 g/mol. The highest BCUT2D eigenvalue weighted by atomic mass is 79.9. The summed E-state index contributed by atoms with van der Waals surface area (Å²) in [6, 6.07) is 16.5. The lowest BCUT2D eigenvalue weighted by Crippen LogP contribution is -1.78. The van der Waals surface area contributed by atoms with Crippen molar-refractivity contribution < 1.29 is 0 Å². The van der Waals surface area contributed by atoms with Gasteiger partial charge in [0.1, 0.15) is 0 Å². The summed E-state index contributed by atoms with van der Waals surface area (Å²) >= 11 is 3.46. The normalized spacial score (nSPS) is 10.1. The minimum atomic E-state index is 1.04. The Morgan fingerprint density at radius 2 is 1.50 bits per heavy atom. The quantitative estimate of drug-likeness (QED) is 0.703. The molecule has 0 amide bonds. The van der Waals surface area contributed by atoms with Gasteiger partial charge in [0, 0.05) is 4.47 Å². The summed E-state index contributed by atoms with van der Waals surface area (Å²) in [5.74, 6) is 0. The fourth-order valence-corrected chi connectivity index (χ4v) is 1.82. The average Bonchev–Trinajstić information content (AvgIpc) is 2.18. The molecule has 0 nitrogen and oxygen atoms in total. The van der Waals surface area contributed by atoms with Crippen LogP contribution in [-0.4, -0.2) is 0 Å². The van der Waals surface area contributed by atoms with Crippen molar-refractivity contribution in [3.05, 3.63) is 65.5 Å². The van der Waals surface area contributed by atoms with Crippen molar-refractivity contribution in [2.24, 2.45) is 0 Å². The van der Waals surface area contributed by atoms with Crippen LogP contribution in [0.25, 0.3) is 11.1 Å². The van der Waals surface area contributed by atoms with Gasteiger partial charge >= 0.3 is 0 Å². The van der Waals surface area contributed by atoms with Gasteiger partial charge < -0.3 is 0 Å². The maximum atomic E-state index is 3.92. The molecule has 0 aromatic heterocycles. The van der Waals surface area contributed by atoms with E-state index < -0.39 is 0 Å². The topological polar surface area (TPSA) is 0 Å². The van der Waals surface area contributed by atoms with Gasteiger partial charge in [-0.25, -0.2) is 0 Å². The highest BCUT2D eigenvalue weighted by molar-refractivity contribution is 9.10. The number of halogens is 1. The van der Waals surface area contributed by atoms with E-state index in [4.69, 9.17) is 0 Å². The predicted molar refractivity (Wildman–Crippen MR) is 64.0 cm³/mol. The van der Waals surface area contributed by atoms with E-state index in [1.807, 2.05) is 24.3 Å². The van der Waals surface area contributed by atoms with Crippen molar-refractivity contribution >= 4 is 15.9 Å². The Labute approximate surface area is 92.7 Å². The maximum absolute atomic E-state index is 3.92. The molecule has 1 radical (unpaired) electrons. The summed E-state index contributed by atoms with van der Waals surface area (Å²) in [6.07, 6.45) is 0. The Hall–Kier alpha value is -1.08. The molecule has 0 N–H and O–H groups in total. The van der Waals surface area contributed by atoms with E-state index in [1.54, 1.807) is 0 Å². The first-order valence-electron chi connectivity index (χ1n) is 4.44. The Morgan fingerprint density at radius 1 is 0.857 bits per heavy atom. The van der Waals surface area contributed by atoms with Gasteiger partial charge in [0.05, 0.1) is 0 Å². The zero-order valence-electron chi connectivity index (χ0n) is 7.70. The van der Waals surface area contributed by atoms with Gasteiger partial charge in [-0.3, -0.25) is 0 Å². The summed E-state index contributed by atoms with van der Waals surface area (Å²) in [5.41, 5.74) is 3.46. The molecule has 2 aromatic rings. The lowest BCUT2D eigenvalue weighted by atomic mass is 10.0. The minimum absolute atomic E-state index is 1.04. The van der Waals surface area contributed by atoms with Crippen LogP contribution in [0.3, 0.4) is 0 Å². The van der Waals surface area contributed by atoms with Crippen LogP contribution in [0.4, 0.5) is 0 Å². The molecule has 2 aromatic carbocycles. The Balaban J connectivity index is 2.49. The molecule has 2 rings (SSSR count). The molecule has 0 bridgehead atoms. The third-order valence-electron chi connectivity index (χ3n) is 2.08. The first-order chi connectivity index (χ1) is 6.75. The molecule has 1 heteroatoms. The van der Waals surface area contributed by atoms with E-state index in [9.17, 15) is 0 Å². The summed E-state index contributed by atoms with van der Waals surface area (Å²) in [7, 11) is 0. The van der Waals surface area contributed by atoms with E-state index >= 15 is 0 Å². The van der Waals surface area contributed by atoms with Crippen LogP contribution in [0.1, 0.15) is 5.56 Å². The van der Waals surface area contributed by atoms with Crippen molar-refractivity contribution in [2.75, 3.05) is 0 Å². The molecule has 0 heterocycles. The molecule has 0 fully saturated rings. The van der Waals surface area contributed by atoms with Gasteiger partial charge in [0.25, 0.3) is 0 Å². The van der Waals surface area contributed by atoms with Gasteiger partial charge in [-0.15, -0.1) is 0 Å². The van der Waals surface area contributed by atoms with Gasteiger partial charge in [-0.2, -0.15) is 0 Å². The lowest BCUT2D eigenvalue weighted by Gasteiger charge is -2.02. The van der Waals surface area contributed by atoms with Gasteiger partial charge in [-0.1, -0.05) is 52.3 Å². The largest absolute Gasteiger partial charge is 0.0614 e. The van der Waals surface area contributed by atoms with Gasteiger partial charge in [0.2, 0.25) is 0 Å². The highest BCUT2D eigenvalue weighted by Gasteiger charge is 1.97. The lowest BCUT2D eigenvalue weighted by molar-refractivity contribution is 1.56. The predicted octanol–water partition coefficient (Wildman–Crippen LogP) is 4.30. The van der Waals surface area contributed by atoms with E-state index in [-0.39, 0.29) is 0 Å². The van der Waals surface area contributed by atoms with Crippen LogP contribution >= 0.6 is 15.9 Å². The second-order valence-corrected chi connectivity index (χ2v) is 4.13. The van der Waals surface area contributed by atoms with Gasteiger partial charge in [-0.05, 0) is 35.7 Å². The van der Waals surface area contributed by atoms with Crippen LogP contribution < -0.4 is 0 Å². The standard InChI is InChI=1S/C13H10Br/c1-10-4-2-5-11(8-10)12-6-3-7-13(14)9-12/h2-9H,1H2. The summed E-state index contributed by atoms with van der Waals surface area (Å²) in [5, 5.41) is 0. The highest BCUT2D eigenvalue weighted by Crippen LogP contribution is 2.23. The van der Waals surface area contributed by atoms with Crippen LogP contribution in [0.2, 0.25) is 0 Å². The second kappa shape index (κ2) is 3.97. The fourth-order valence-electron chi connectivity index (χ4n) is 1.42. The Kier molecular flexibility index (Phi) is 2.69. The summed E-state index contributed by atoms with van der Waals surface area (Å²) < 4.78 is 1.10. The Bertz CT molecular complexity index is 403. The van der Waals surface area contributed by atoms with Crippen LogP contribution in [0, 0.1) is 6.92 Å². The van der Waals surface area contributed by atoms with E-state index in [2.05, 4.69) is 47.1 Å². The zero-order chi connectivity index (χ0) is 9.97. The monoisotopic (exact) mass is 245 g/mol. The molecule has 0 spiro atoms. The van der Waals surface area contributed by atoms with Crippen molar-refractivity contribution in [3.63, 3.8) is 0 Å². The molecule has 0 aliphatic heterocycles. The zero-order valence-corrected chi connectivity index (χ0v) is 9.29. The van der Waals surface area contributed by atoms with Crippen LogP contribution in [-0.2, 0) is 0 Å². The Morgan fingerprint density at radius 3 is 2.14 bits per heavy atom. The molecule has 69 valence electrons. The SMILES string of the molecule is [CH2]c1cccc(-c2cccc(Br)c2)c1. The second-order valence-electron chi connectivity index (χ2n) is 3.21. The van der Waals surface area contributed by atoms with E-state index in [1.165, 1.54) is 11.1 Å². The van der Waals surface area contributed by atoms with Crippen molar-refractivity contribution in [3.8, 4) is 11.1 Å². The molecule has 14 heavy (non-hydrogen) atoms. The number of benzene rings is 2. The summed E-state index contributed by atoms with van der Waals surface area (Å²) in [4.78, 5) is 0. The minimum Gasteiger partial charge on any atom is -0.0614 e. The molecule has 0 atom stereocenters. The van der Waals surface area contributed by atoms with Gasteiger partial charge in [0.15, 0.2) is 0 Å². The van der Waals surface area contributed by atoms with E-state index in [0.717, 1.165) is 10.0 Å². The van der Waals surface area contributed by atoms with Crippen LogP contribution in [0.5, 0.6) is 0 Å². The fraction of sp³-hybridized carbons (Fsp3) is 0. The third kappa shape index (κ3) is 2.05. The van der Waals surface area contributed by atoms with Crippen molar-refractivity contribution in [1.29, 1.82) is 0 Å². The molecular formula is C13H10Br. The number of hydrogen-bond donors (Lipinski definition) is 0. The average molecular weight is 246 g/mol. The molecule has 0 saturated carbocycles. The number of rotatable bonds is 1. The first-order valence-corrected chi connectivity index (χ1v) is 5.23. The first kappa shape index (κ1) is 9.47. The number of hydrogen-bond acceptors (Lipinski definition) is 0. The molecule has 0 aliphatic rings. The van der Waals surface area contributed by atoms with Crippen LogP contribution in [0.15, 0.2) is 53.0 Å². The van der Waals surface area contributed by atoms with E-state index in [0.29, 0.717) is 0 Å². The smallest absolute Gasteiger partial charge is 0.0181 e. The third-order valence-corrected chi connectivity index (χ3v) is 2.58. The summed E-state index contributed by atoms with van der Waals surface area (Å²) in [6.45, 7) is 3.92. The van der Waals surface area contributed by atoms with Crippen molar-refractivity contribution in [2.45, 2.75) is 0 Å². The molecule has 0 aliphatic carbocycles. The molecule has 0 unspecified atom stereocenters. The maximum Gasteiger partial charge on any atom is 0.0181 e. The van der Waals surface area contributed by atoms with Crippen molar-refractivity contribution in [1.82, 2.24) is 0 Å². The molecule has 0 saturated heterocycles.